The lowest BCUT2D eigenvalue weighted by Gasteiger charge is -2.08. The molecular formula is C23H16F3N5O3. The molecule has 0 aliphatic heterocycles. The van der Waals surface area contributed by atoms with Crippen molar-refractivity contribution in [1.29, 1.82) is 0 Å². The van der Waals surface area contributed by atoms with E-state index in [9.17, 15) is 18.0 Å². The zero-order valence-electron chi connectivity index (χ0n) is 17.2. The minimum absolute atomic E-state index is 0.213. The molecule has 5 rings (SSSR count). The highest BCUT2D eigenvalue weighted by Gasteiger charge is 2.38. The molecule has 0 fully saturated rings. The van der Waals surface area contributed by atoms with Gasteiger partial charge in [0.1, 0.15) is 11.6 Å². The van der Waals surface area contributed by atoms with Crippen molar-refractivity contribution in [3.63, 3.8) is 0 Å². The van der Waals surface area contributed by atoms with E-state index in [0.29, 0.717) is 16.9 Å². The number of rotatable bonds is 3. The maximum atomic E-state index is 12.0. The number of nitrogens with zero attached hydrogens (tertiary/aromatic N) is 2. The van der Waals surface area contributed by atoms with Crippen molar-refractivity contribution in [2.24, 2.45) is 0 Å². The van der Waals surface area contributed by atoms with Gasteiger partial charge in [-0.25, -0.2) is 14.8 Å². The first-order valence-electron chi connectivity index (χ1n) is 9.82. The Bertz CT molecular complexity index is 1530. The number of carboxylic acid groups (broad SMARTS) is 1. The number of imidazole rings is 1. The number of aromatic nitrogens is 4. The average Bonchev–Trinajstić information content (AvgIpc) is 3.25. The fourth-order valence-corrected chi connectivity index (χ4v) is 3.15. The van der Waals surface area contributed by atoms with Gasteiger partial charge in [0.25, 0.3) is 5.56 Å². The van der Waals surface area contributed by atoms with Crippen LogP contribution in [0.15, 0.2) is 77.7 Å². The fraction of sp³-hybridized carbons (Fsp3) is 0.0435. The molecule has 0 aliphatic carbocycles. The summed E-state index contributed by atoms with van der Waals surface area (Å²) in [5, 5.41) is 11.4. The number of fused-ring (bicyclic) bond motifs is 2. The number of aliphatic carboxylic acids is 1. The minimum atomic E-state index is -5.08. The summed E-state index contributed by atoms with van der Waals surface area (Å²) < 4.78 is 31.7. The van der Waals surface area contributed by atoms with E-state index in [1.54, 1.807) is 12.3 Å². The summed E-state index contributed by atoms with van der Waals surface area (Å²) in [6.45, 7) is 0. The number of anilines is 2. The number of benzene rings is 2. The van der Waals surface area contributed by atoms with E-state index < -0.39 is 12.1 Å². The number of nitrogens with one attached hydrogen (secondary N) is 3. The quantitative estimate of drug-likeness (QED) is 0.301. The number of carbonyl (C=O) groups is 1. The molecular weight excluding hydrogens is 451 g/mol. The van der Waals surface area contributed by atoms with Crippen LogP contribution in [0, 0.1) is 0 Å². The number of aromatic amines is 2. The molecule has 0 radical (unpaired) electrons. The Kier molecular flexibility index (Phi) is 6.00. The van der Waals surface area contributed by atoms with Crippen LogP contribution in [0.4, 0.5) is 24.7 Å². The van der Waals surface area contributed by atoms with Crippen LogP contribution in [-0.4, -0.2) is 37.2 Å². The number of hydrogen-bond acceptors (Lipinski definition) is 5. The van der Waals surface area contributed by atoms with Crippen molar-refractivity contribution in [2.75, 3.05) is 5.32 Å². The van der Waals surface area contributed by atoms with Gasteiger partial charge in [-0.15, -0.1) is 0 Å². The molecule has 11 heteroatoms. The molecule has 3 heterocycles. The molecule has 172 valence electrons. The summed E-state index contributed by atoms with van der Waals surface area (Å²) in [4.78, 5) is 36.0. The van der Waals surface area contributed by atoms with Crippen molar-refractivity contribution in [2.45, 2.75) is 6.18 Å². The maximum Gasteiger partial charge on any atom is 0.490 e. The number of H-pyrrole nitrogens is 2. The van der Waals surface area contributed by atoms with Gasteiger partial charge in [-0.1, -0.05) is 30.3 Å². The Hall–Kier alpha value is -4.67. The third-order valence-electron chi connectivity index (χ3n) is 4.68. The number of para-hydroxylation sites is 2. The molecule has 0 amide bonds. The van der Waals surface area contributed by atoms with Crippen LogP contribution >= 0.6 is 0 Å². The minimum Gasteiger partial charge on any atom is -0.475 e. The molecule has 0 saturated carbocycles. The molecule has 8 nitrogen and oxygen atoms in total. The number of hydrogen-bond donors (Lipinski definition) is 4. The third kappa shape index (κ3) is 4.88. The first-order chi connectivity index (χ1) is 16.2. The summed E-state index contributed by atoms with van der Waals surface area (Å²) in [5.41, 5.74) is 3.51. The van der Waals surface area contributed by atoms with Crippen molar-refractivity contribution in [1.82, 2.24) is 19.9 Å². The molecule has 0 aliphatic rings. The monoisotopic (exact) mass is 467 g/mol. The number of alkyl halides is 3. The largest absolute Gasteiger partial charge is 0.490 e. The van der Waals surface area contributed by atoms with E-state index >= 15 is 0 Å². The smallest absolute Gasteiger partial charge is 0.475 e. The fourth-order valence-electron chi connectivity index (χ4n) is 3.15. The van der Waals surface area contributed by atoms with Gasteiger partial charge in [-0.05, 0) is 36.4 Å². The molecule has 0 saturated heterocycles. The van der Waals surface area contributed by atoms with E-state index in [1.807, 2.05) is 60.7 Å². The van der Waals surface area contributed by atoms with E-state index in [1.165, 1.54) is 0 Å². The summed E-state index contributed by atoms with van der Waals surface area (Å²) in [6, 6.07) is 21.6. The molecule has 0 bridgehead atoms. The molecule has 2 aromatic carbocycles. The molecule has 4 N–H and O–H groups in total. The normalized spacial score (nSPS) is 11.1. The molecule has 34 heavy (non-hydrogen) atoms. The predicted octanol–water partition coefficient (Wildman–Crippen LogP) is 4.84. The van der Waals surface area contributed by atoms with Crippen LogP contribution in [0.25, 0.3) is 33.3 Å². The summed E-state index contributed by atoms with van der Waals surface area (Å²) in [6.07, 6.45) is -3.48. The van der Waals surface area contributed by atoms with Gasteiger partial charge in [-0.3, -0.25) is 4.79 Å². The van der Waals surface area contributed by atoms with Crippen molar-refractivity contribution >= 4 is 39.4 Å². The van der Waals surface area contributed by atoms with Crippen LogP contribution in [0.2, 0.25) is 0 Å². The van der Waals surface area contributed by atoms with Gasteiger partial charge in [0, 0.05) is 22.8 Å². The maximum absolute atomic E-state index is 12.0. The summed E-state index contributed by atoms with van der Waals surface area (Å²) in [5.74, 6) is -1.39. The zero-order chi connectivity index (χ0) is 24.3. The molecule has 3 aromatic heterocycles. The van der Waals surface area contributed by atoms with Gasteiger partial charge >= 0.3 is 12.1 Å². The number of carboxylic acids is 1. The second kappa shape index (κ2) is 9.06. The van der Waals surface area contributed by atoms with Crippen molar-refractivity contribution < 1.29 is 23.1 Å². The first-order valence-corrected chi connectivity index (χ1v) is 9.82. The highest BCUT2D eigenvalue weighted by molar-refractivity contribution is 5.94. The molecule has 0 unspecified atom stereocenters. The lowest BCUT2D eigenvalue weighted by molar-refractivity contribution is -0.192. The Balaban J connectivity index is 0.000000344. The van der Waals surface area contributed by atoms with E-state index in [0.717, 1.165) is 28.0 Å². The summed E-state index contributed by atoms with van der Waals surface area (Å²) in [7, 11) is 0. The van der Waals surface area contributed by atoms with Gasteiger partial charge in [0.15, 0.2) is 5.52 Å². The molecule has 5 aromatic rings. The van der Waals surface area contributed by atoms with Gasteiger partial charge in [0.2, 0.25) is 0 Å². The van der Waals surface area contributed by atoms with Crippen LogP contribution in [0.1, 0.15) is 0 Å². The second-order valence-corrected chi connectivity index (χ2v) is 7.02. The highest BCUT2D eigenvalue weighted by Crippen LogP contribution is 2.28. The number of halogens is 3. The van der Waals surface area contributed by atoms with E-state index in [2.05, 4.69) is 20.3 Å². The van der Waals surface area contributed by atoms with Crippen molar-refractivity contribution in [3.05, 3.63) is 83.3 Å². The Morgan fingerprint density at radius 2 is 1.65 bits per heavy atom. The lowest BCUT2D eigenvalue weighted by atomic mass is 10.1. The Morgan fingerprint density at radius 1 is 0.912 bits per heavy atom. The molecule has 0 spiro atoms. The SMILES string of the molecule is O=C(O)C(F)(F)F.O=c1[nH]ccc2[nH]c(-c3cccc4ccc(Nc5ccccc5)nc34)nc12. The van der Waals surface area contributed by atoms with Crippen LogP contribution in [0.5, 0.6) is 0 Å². The first kappa shape index (κ1) is 22.5. The Labute approximate surface area is 189 Å². The van der Waals surface area contributed by atoms with Crippen LogP contribution < -0.4 is 10.9 Å². The van der Waals surface area contributed by atoms with Gasteiger partial charge in [0.05, 0.1) is 11.0 Å². The zero-order valence-corrected chi connectivity index (χ0v) is 17.2. The van der Waals surface area contributed by atoms with Gasteiger partial charge < -0.3 is 20.4 Å². The van der Waals surface area contributed by atoms with E-state index in [-0.39, 0.29) is 5.56 Å². The molecule has 0 atom stereocenters. The van der Waals surface area contributed by atoms with Crippen molar-refractivity contribution in [3.8, 4) is 11.4 Å². The number of pyridine rings is 2. The average molecular weight is 467 g/mol. The lowest BCUT2D eigenvalue weighted by Crippen LogP contribution is -2.21. The van der Waals surface area contributed by atoms with Crippen LogP contribution in [-0.2, 0) is 4.79 Å². The van der Waals surface area contributed by atoms with Crippen LogP contribution in [0.3, 0.4) is 0 Å². The van der Waals surface area contributed by atoms with E-state index in [4.69, 9.17) is 14.9 Å². The second-order valence-electron chi connectivity index (χ2n) is 7.02. The highest BCUT2D eigenvalue weighted by atomic mass is 19.4. The topological polar surface area (TPSA) is 124 Å². The Morgan fingerprint density at radius 3 is 2.32 bits per heavy atom. The summed E-state index contributed by atoms with van der Waals surface area (Å²) >= 11 is 0. The van der Waals surface area contributed by atoms with Gasteiger partial charge in [-0.2, -0.15) is 13.2 Å². The predicted molar refractivity (Wildman–Crippen MR) is 121 cm³/mol. The third-order valence-corrected chi connectivity index (χ3v) is 4.68. The standard InChI is InChI=1S/C21H15N5O.C2HF3O2/c27-21-19-16(11-12-22-21)24-20(26-19)15-8-4-5-13-9-10-17(25-18(13)15)23-14-6-2-1-3-7-14;3-2(4,5)1(6)7/h1-12H,(H,22,27)(H,23,25)(H,24,26);(H,6,7).